The number of rotatable bonds is 5. The van der Waals surface area contributed by atoms with Crippen molar-refractivity contribution < 1.29 is 18.7 Å². The summed E-state index contributed by atoms with van der Waals surface area (Å²) in [6, 6.07) is 13.6. The number of carbonyl (C=O) groups is 1. The van der Waals surface area contributed by atoms with Gasteiger partial charge in [0.2, 0.25) is 0 Å². The first-order valence-electron chi connectivity index (χ1n) is 7.64. The SMILES string of the molecule is COc1cccc(CNC(=O)c2cc(=O)oc3cc(OC)ccc23)c1. The van der Waals surface area contributed by atoms with Crippen molar-refractivity contribution >= 4 is 16.9 Å². The average Bonchev–Trinajstić information content (AvgIpc) is 2.64. The lowest BCUT2D eigenvalue weighted by Crippen LogP contribution is -2.24. The molecule has 1 amide bonds. The van der Waals surface area contributed by atoms with Crippen molar-refractivity contribution in [3.63, 3.8) is 0 Å². The third-order valence-corrected chi connectivity index (χ3v) is 3.78. The molecule has 6 heteroatoms. The molecule has 1 heterocycles. The van der Waals surface area contributed by atoms with E-state index in [1.54, 1.807) is 25.3 Å². The standard InChI is InChI=1S/C19H17NO5/c1-23-13-5-3-4-12(8-13)11-20-19(22)16-10-18(21)25-17-9-14(24-2)6-7-15(16)17/h3-10H,11H2,1-2H3,(H,20,22). The number of benzene rings is 2. The molecule has 6 nitrogen and oxygen atoms in total. The predicted molar refractivity (Wildman–Crippen MR) is 93.2 cm³/mol. The minimum atomic E-state index is -0.590. The first kappa shape index (κ1) is 16.6. The van der Waals surface area contributed by atoms with Gasteiger partial charge in [0.1, 0.15) is 17.1 Å². The maximum atomic E-state index is 12.5. The average molecular weight is 339 g/mol. The molecule has 3 rings (SSSR count). The van der Waals surface area contributed by atoms with Crippen LogP contribution in [-0.2, 0) is 6.54 Å². The molecule has 0 aliphatic rings. The van der Waals surface area contributed by atoms with E-state index in [2.05, 4.69) is 5.32 Å². The molecule has 0 atom stereocenters. The molecular weight excluding hydrogens is 322 g/mol. The highest BCUT2D eigenvalue weighted by molar-refractivity contribution is 6.05. The van der Waals surface area contributed by atoms with Crippen LogP contribution in [0.2, 0.25) is 0 Å². The molecule has 0 bridgehead atoms. The Labute approximate surface area is 144 Å². The van der Waals surface area contributed by atoms with E-state index in [1.807, 2.05) is 24.3 Å². The normalized spacial score (nSPS) is 10.5. The van der Waals surface area contributed by atoms with Gasteiger partial charge in [0.05, 0.1) is 19.8 Å². The summed E-state index contributed by atoms with van der Waals surface area (Å²) in [4.78, 5) is 24.3. The van der Waals surface area contributed by atoms with Gasteiger partial charge in [-0.1, -0.05) is 12.1 Å². The van der Waals surface area contributed by atoms with Crippen LogP contribution in [0.15, 0.2) is 57.7 Å². The zero-order valence-corrected chi connectivity index (χ0v) is 13.9. The Morgan fingerprint density at radius 3 is 2.56 bits per heavy atom. The second-order valence-electron chi connectivity index (χ2n) is 5.38. The van der Waals surface area contributed by atoms with E-state index in [0.717, 1.165) is 5.56 Å². The third kappa shape index (κ3) is 3.63. The topological polar surface area (TPSA) is 77.8 Å². The molecule has 0 fully saturated rings. The fourth-order valence-corrected chi connectivity index (χ4v) is 2.52. The van der Waals surface area contributed by atoms with Crippen LogP contribution in [0.3, 0.4) is 0 Å². The molecule has 0 spiro atoms. The highest BCUT2D eigenvalue weighted by Crippen LogP contribution is 2.22. The zero-order chi connectivity index (χ0) is 17.8. The van der Waals surface area contributed by atoms with Gasteiger partial charge in [0.25, 0.3) is 5.91 Å². The number of ether oxygens (including phenoxy) is 2. The molecule has 1 N–H and O–H groups in total. The van der Waals surface area contributed by atoms with Gasteiger partial charge in [-0.3, -0.25) is 4.79 Å². The molecule has 0 aliphatic carbocycles. The van der Waals surface area contributed by atoms with Crippen LogP contribution in [-0.4, -0.2) is 20.1 Å². The van der Waals surface area contributed by atoms with Crippen molar-refractivity contribution in [1.82, 2.24) is 5.32 Å². The van der Waals surface area contributed by atoms with E-state index in [0.29, 0.717) is 29.0 Å². The van der Waals surface area contributed by atoms with E-state index in [1.165, 1.54) is 13.2 Å². The monoisotopic (exact) mass is 339 g/mol. The quantitative estimate of drug-likeness (QED) is 0.723. The number of carbonyl (C=O) groups excluding carboxylic acids is 1. The van der Waals surface area contributed by atoms with E-state index in [4.69, 9.17) is 13.9 Å². The summed E-state index contributed by atoms with van der Waals surface area (Å²) in [5, 5.41) is 3.35. The minimum absolute atomic E-state index is 0.261. The van der Waals surface area contributed by atoms with Gasteiger partial charge in [-0.15, -0.1) is 0 Å². The second kappa shape index (κ2) is 7.09. The Hall–Kier alpha value is -3.28. The van der Waals surface area contributed by atoms with Crippen LogP contribution in [0, 0.1) is 0 Å². The van der Waals surface area contributed by atoms with Gasteiger partial charge in [-0.25, -0.2) is 4.79 Å². The molecule has 0 radical (unpaired) electrons. The largest absolute Gasteiger partial charge is 0.497 e. The van der Waals surface area contributed by atoms with Gasteiger partial charge in [0.15, 0.2) is 0 Å². The summed E-state index contributed by atoms with van der Waals surface area (Å²) in [6.45, 7) is 0.313. The van der Waals surface area contributed by atoms with Crippen LogP contribution in [0.5, 0.6) is 11.5 Å². The van der Waals surface area contributed by atoms with Crippen LogP contribution < -0.4 is 20.4 Å². The summed E-state index contributed by atoms with van der Waals surface area (Å²) < 4.78 is 15.4. The van der Waals surface area contributed by atoms with Crippen molar-refractivity contribution in [2.45, 2.75) is 6.54 Å². The highest BCUT2D eigenvalue weighted by Gasteiger charge is 2.14. The van der Waals surface area contributed by atoms with Crippen molar-refractivity contribution in [3.8, 4) is 11.5 Å². The van der Waals surface area contributed by atoms with Gasteiger partial charge >= 0.3 is 5.63 Å². The van der Waals surface area contributed by atoms with Gasteiger partial charge in [-0.2, -0.15) is 0 Å². The summed E-state index contributed by atoms with van der Waals surface area (Å²) in [6.07, 6.45) is 0. The van der Waals surface area contributed by atoms with Crippen molar-refractivity contribution in [2.75, 3.05) is 14.2 Å². The zero-order valence-electron chi connectivity index (χ0n) is 13.9. The summed E-state index contributed by atoms with van der Waals surface area (Å²) in [5.41, 5.74) is 0.865. The van der Waals surface area contributed by atoms with Crippen molar-refractivity contribution in [2.24, 2.45) is 0 Å². The van der Waals surface area contributed by atoms with Crippen molar-refractivity contribution in [1.29, 1.82) is 0 Å². The first-order chi connectivity index (χ1) is 12.1. The molecule has 0 aliphatic heterocycles. The van der Waals surface area contributed by atoms with Crippen LogP contribution in [0.1, 0.15) is 15.9 Å². The van der Waals surface area contributed by atoms with Crippen LogP contribution in [0.25, 0.3) is 11.0 Å². The Kier molecular flexibility index (Phi) is 4.70. The van der Waals surface area contributed by atoms with E-state index in [9.17, 15) is 9.59 Å². The fourth-order valence-electron chi connectivity index (χ4n) is 2.52. The maximum Gasteiger partial charge on any atom is 0.337 e. The Bertz CT molecular complexity index is 977. The Morgan fingerprint density at radius 1 is 1.04 bits per heavy atom. The smallest absolute Gasteiger partial charge is 0.337 e. The highest BCUT2D eigenvalue weighted by atomic mass is 16.5. The lowest BCUT2D eigenvalue weighted by atomic mass is 10.1. The number of amides is 1. The lowest BCUT2D eigenvalue weighted by Gasteiger charge is -2.09. The van der Waals surface area contributed by atoms with Crippen molar-refractivity contribution in [3.05, 3.63) is 70.1 Å². The van der Waals surface area contributed by atoms with Gasteiger partial charge in [-0.05, 0) is 29.8 Å². The number of nitrogens with one attached hydrogen (secondary N) is 1. The molecule has 3 aromatic rings. The molecule has 0 saturated heterocycles. The molecule has 128 valence electrons. The molecule has 0 unspecified atom stereocenters. The van der Waals surface area contributed by atoms with E-state index in [-0.39, 0.29) is 11.5 Å². The van der Waals surface area contributed by atoms with Crippen LogP contribution in [0.4, 0.5) is 0 Å². The molecule has 25 heavy (non-hydrogen) atoms. The van der Waals surface area contributed by atoms with Gasteiger partial charge < -0.3 is 19.2 Å². The second-order valence-corrected chi connectivity index (χ2v) is 5.38. The first-order valence-corrected chi connectivity index (χ1v) is 7.64. The van der Waals surface area contributed by atoms with Gasteiger partial charge in [0, 0.05) is 24.1 Å². The maximum absolute atomic E-state index is 12.5. The summed E-state index contributed by atoms with van der Waals surface area (Å²) in [7, 11) is 3.10. The predicted octanol–water partition coefficient (Wildman–Crippen LogP) is 2.74. The summed E-state index contributed by atoms with van der Waals surface area (Å²) in [5.74, 6) is 0.903. The summed E-state index contributed by atoms with van der Waals surface area (Å²) >= 11 is 0. The fraction of sp³-hybridized carbons (Fsp3) is 0.158. The number of hydrogen-bond donors (Lipinski definition) is 1. The third-order valence-electron chi connectivity index (χ3n) is 3.78. The molecule has 1 aromatic heterocycles. The Balaban J connectivity index is 1.87. The van der Waals surface area contributed by atoms with E-state index >= 15 is 0 Å². The number of fused-ring (bicyclic) bond motifs is 1. The number of hydrogen-bond acceptors (Lipinski definition) is 5. The van der Waals surface area contributed by atoms with Crippen LogP contribution >= 0.6 is 0 Å². The molecule has 2 aromatic carbocycles. The molecular formula is C19H17NO5. The van der Waals surface area contributed by atoms with E-state index < -0.39 is 5.63 Å². The number of methoxy groups -OCH3 is 2. The minimum Gasteiger partial charge on any atom is -0.497 e. The Morgan fingerprint density at radius 2 is 1.80 bits per heavy atom. The molecule has 0 saturated carbocycles. The lowest BCUT2D eigenvalue weighted by molar-refractivity contribution is 0.0952.